The summed E-state index contributed by atoms with van der Waals surface area (Å²) in [4.78, 5) is 39.8. The number of rotatable bonds is 6. The lowest BCUT2D eigenvalue weighted by molar-refractivity contribution is -0.150. The summed E-state index contributed by atoms with van der Waals surface area (Å²) in [6.45, 7) is 3.66. The van der Waals surface area contributed by atoms with Crippen LogP contribution in [-0.2, 0) is 14.4 Å². The molecule has 0 aliphatic carbocycles. The smallest absolute Gasteiger partial charge is 0.323 e. The fraction of sp³-hybridized carbons (Fsp3) is 0.800. The quantitative estimate of drug-likeness (QED) is 0.747. The average Bonchev–Trinajstić information content (AvgIpc) is 2.50. The van der Waals surface area contributed by atoms with Crippen molar-refractivity contribution < 1.29 is 19.5 Å². The Hall–Kier alpha value is -1.63. The summed E-state index contributed by atoms with van der Waals surface area (Å²) >= 11 is 0. The topological polar surface area (TPSA) is 81.2 Å². The highest BCUT2D eigenvalue weighted by atomic mass is 16.4. The molecule has 2 rings (SSSR count). The lowest BCUT2D eigenvalue weighted by Gasteiger charge is -2.33. The maximum Gasteiger partial charge on any atom is 0.323 e. The van der Waals surface area contributed by atoms with Crippen molar-refractivity contribution in [1.29, 1.82) is 0 Å². The van der Waals surface area contributed by atoms with Crippen LogP contribution in [-0.4, -0.2) is 83.4 Å². The van der Waals surface area contributed by atoms with Crippen LogP contribution in [0.25, 0.3) is 0 Å². The van der Waals surface area contributed by atoms with Crippen molar-refractivity contribution in [3.05, 3.63) is 0 Å². The largest absolute Gasteiger partial charge is 0.480 e. The molecule has 2 amide bonds. The molecule has 0 aromatic carbocycles. The SMILES string of the molecule is O=C(O)CN1CCN(C(=O)CCCN2CCCCC2)CC1=O. The molecule has 0 aromatic heterocycles. The number of likely N-dealkylation sites (tertiary alicyclic amines) is 1. The Labute approximate surface area is 130 Å². The zero-order chi connectivity index (χ0) is 15.9. The van der Waals surface area contributed by atoms with Crippen LogP contribution in [0.3, 0.4) is 0 Å². The molecular formula is C15H25N3O4. The monoisotopic (exact) mass is 311 g/mol. The summed E-state index contributed by atoms with van der Waals surface area (Å²) in [7, 11) is 0. The zero-order valence-corrected chi connectivity index (χ0v) is 13.0. The number of carbonyl (C=O) groups is 3. The van der Waals surface area contributed by atoms with Crippen molar-refractivity contribution in [1.82, 2.24) is 14.7 Å². The Bertz CT molecular complexity index is 421. The summed E-state index contributed by atoms with van der Waals surface area (Å²) in [5.41, 5.74) is 0. The molecule has 2 aliphatic heterocycles. The van der Waals surface area contributed by atoms with Gasteiger partial charge in [-0.3, -0.25) is 14.4 Å². The van der Waals surface area contributed by atoms with E-state index >= 15 is 0 Å². The minimum absolute atomic E-state index is 0.000310. The number of piperidine rings is 1. The summed E-state index contributed by atoms with van der Waals surface area (Å²) in [6, 6.07) is 0. The minimum atomic E-state index is -1.02. The predicted octanol–water partition coefficient (Wildman–Crippen LogP) is 0.00790. The van der Waals surface area contributed by atoms with Crippen molar-refractivity contribution in [2.24, 2.45) is 0 Å². The number of aliphatic carboxylic acids is 1. The molecule has 124 valence electrons. The lowest BCUT2D eigenvalue weighted by Crippen LogP contribution is -2.53. The fourth-order valence-electron chi connectivity index (χ4n) is 3.05. The zero-order valence-electron chi connectivity index (χ0n) is 13.0. The van der Waals surface area contributed by atoms with Gasteiger partial charge in [-0.15, -0.1) is 0 Å². The maximum absolute atomic E-state index is 12.1. The van der Waals surface area contributed by atoms with Gasteiger partial charge >= 0.3 is 5.97 Å². The Morgan fingerprint density at radius 2 is 1.77 bits per heavy atom. The van der Waals surface area contributed by atoms with Crippen LogP contribution < -0.4 is 0 Å². The average molecular weight is 311 g/mol. The molecule has 2 aliphatic rings. The fourth-order valence-corrected chi connectivity index (χ4v) is 3.05. The Morgan fingerprint density at radius 1 is 1.05 bits per heavy atom. The van der Waals surface area contributed by atoms with Crippen molar-refractivity contribution in [2.45, 2.75) is 32.1 Å². The van der Waals surface area contributed by atoms with Gasteiger partial charge in [0.05, 0.1) is 6.54 Å². The molecule has 1 N–H and O–H groups in total. The molecule has 0 atom stereocenters. The number of carboxylic acid groups (broad SMARTS) is 1. The first-order valence-corrected chi connectivity index (χ1v) is 8.06. The highest BCUT2D eigenvalue weighted by Crippen LogP contribution is 2.11. The van der Waals surface area contributed by atoms with Gasteiger partial charge in [-0.1, -0.05) is 6.42 Å². The van der Waals surface area contributed by atoms with Crippen LogP contribution in [0.15, 0.2) is 0 Å². The molecule has 0 aromatic rings. The maximum atomic E-state index is 12.1. The van der Waals surface area contributed by atoms with Crippen LogP contribution in [0, 0.1) is 0 Å². The van der Waals surface area contributed by atoms with E-state index in [-0.39, 0.29) is 24.9 Å². The summed E-state index contributed by atoms with van der Waals surface area (Å²) in [5.74, 6) is -1.30. The normalized spacial score (nSPS) is 20.3. The van der Waals surface area contributed by atoms with Gasteiger partial charge in [-0.2, -0.15) is 0 Å². The van der Waals surface area contributed by atoms with Crippen molar-refractivity contribution in [3.8, 4) is 0 Å². The van der Waals surface area contributed by atoms with Gasteiger partial charge < -0.3 is 19.8 Å². The molecule has 7 nitrogen and oxygen atoms in total. The number of piperazine rings is 1. The van der Waals surface area contributed by atoms with Gasteiger partial charge in [0.2, 0.25) is 11.8 Å². The summed E-state index contributed by atoms with van der Waals surface area (Å²) in [5, 5.41) is 8.72. The molecule has 2 heterocycles. The van der Waals surface area contributed by atoms with E-state index < -0.39 is 5.97 Å². The van der Waals surface area contributed by atoms with Gasteiger partial charge in [0, 0.05) is 19.5 Å². The standard InChI is InChI=1S/C15H25N3O4/c19-13(5-4-8-16-6-2-1-3-7-16)17-9-10-18(12-15(21)22)14(20)11-17/h1-12H2,(H,21,22). The molecular weight excluding hydrogens is 286 g/mol. The second-order valence-electron chi connectivity index (χ2n) is 6.03. The predicted molar refractivity (Wildman–Crippen MR) is 80.3 cm³/mol. The number of nitrogens with zero attached hydrogens (tertiary/aromatic N) is 3. The van der Waals surface area contributed by atoms with E-state index in [9.17, 15) is 14.4 Å². The molecule has 0 bridgehead atoms. The van der Waals surface area contributed by atoms with Crippen molar-refractivity contribution in [3.63, 3.8) is 0 Å². The molecule has 7 heteroatoms. The third-order valence-electron chi connectivity index (χ3n) is 4.31. The van der Waals surface area contributed by atoms with Crippen LogP contribution >= 0.6 is 0 Å². The van der Waals surface area contributed by atoms with E-state index in [2.05, 4.69) is 4.90 Å². The Balaban J connectivity index is 1.67. The Kier molecular flexibility index (Phi) is 6.18. The number of hydrogen-bond donors (Lipinski definition) is 1. The van der Waals surface area contributed by atoms with E-state index in [0.29, 0.717) is 19.5 Å². The first-order chi connectivity index (χ1) is 10.6. The van der Waals surface area contributed by atoms with Gasteiger partial charge in [0.25, 0.3) is 0 Å². The third kappa shape index (κ3) is 4.98. The van der Waals surface area contributed by atoms with E-state index in [0.717, 1.165) is 26.1 Å². The van der Waals surface area contributed by atoms with Crippen LogP contribution in [0.2, 0.25) is 0 Å². The molecule has 0 radical (unpaired) electrons. The van der Waals surface area contributed by atoms with Gasteiger partial charge in [0.1, 0.15) is 6.54 Å². The van der Waals surface area contributed by atoms with E-state index in [1.165, 1.54) is 24.2 Å². The first kappa shape index (κ1) is 16.7. The van der Waals surface area contributed by atoms with E-state index in [4.69, 9.17) is 5.11 Å². The van der Waals surface area contributed by atoms with Gasteiger partial charge in [-0.25, -0.2) is 0 Å². The summed E-state index contributed by atoms with van der Waals surface area (Å²) < 4.78 is 0. The summed E-state index contributed by atoms with van der Waals surface area (Å²) in [6.07, 6.45) is 5.07. The molecule has 22 heavy (non-hydrogen) atoms. The molecule has 0 saturated carbocycles. The number of hydrogen-bond acceptors (Lipinski definition) is 4. The number of amides is 2. The highest BCUT2D eigenvalue weighted by molar-refractivity contribution is 5.88. The van der Waals surface area contributed by atoms with E-state index in [1.807, 2.05) is 0 Å². The van der Waals surface area contributed by atoms with Crippen LogP contribution in [0.4, 0.5) is 0 Å². The van der Waals surface area contributed by atoms with Crippen molar-refractivity contribution >= 4 is 17.8 Å². The molecule has 2 saturated heterocycles. The van der Waals surface area contributed by atoms with Crippen LogP contribution in [0.1, 0.15) is 32.1 Å². The Morgan fingerprint density at radius 3 is 2.41 bits per heavy atom. The van der Waals surface area contributed by atoms with Crippen molar-refractivity contribution in [2.75, 3.05) is 45.8 Å². The lowest BCUT2D eigenvalue weighted by atomic mass is 10.1. The van der Waals surface area contributed by atoms with Gasteiger partial charge in [-0.05, 0) is 38.9 Å². The third-order valence-corrected chi connectivity index (χ3v) is 4.31. The number of carbonyl (C=O) groups excluding carboxylic acids is 2. The number of carboxylic acids is 1. The second kappa shape index (κ2) is 8.12. The highest BCUT2D eigenvalue weighted by Gasteiger charge is 2.27. The molecule has 2 fully saturated rings. The van der Waals surface area contributed by atoms with Crippen LogP contribution in [0.5, 0.6) is 0 Å². The first-order valence-electron chi connectivity index (χ1n) is 8.06. The van der Waals surface area contributed by atoms with Gasteiger partial charge in [0.15, 0.2) is 0 Å². The molecule has 0 spiro atoms. The minimum Gasteiger partial charge on any atom is -0.480 e. The van der Waals surface area contributed by atoms with E-state index in [1.54, 1.807) is 4.90 Å². The molecule has 0 unspecified atom stereocenters. The second-order valence-corrected chi connectivity index (χ2v) is 6.03.